The van der Waals surface area contributed by atoms with Crippen LogP contribution in [0.5, 0.6) is 0 Å². The Hall–Kier alpha value is -3.07. The Labute approximate surface area is 499 Å². The van der Waals surface area contributed by atoms with Crippen LogP contribution in [0.3, 0.4) is 0 Å². The molecule has 2 atom stereocenters. The van der Waals surface area contributed by atoms with Gasteiger partial charge < -0.3 is 20.1 Å². The number of nitrogens with two attached hydrogens (primary N) is 1. The molecule has 0 heterocycles. The summed E-state index contributed by atoms with van der Waals surface area (Å²) in [5.41, 5.74) is 5.40. The number of allylic oxidation sites excluding steroid dienone is 16. The minimum atomic E-state index is -4.40. The lowest BCUT2D eigenvalue weighted by Crippen LogP contribution is -2.29. The summed E-state index contributed by atoms with van der Waals surface area (Å²) in [6.45, 7) is 3.64. The average molecular weight is 1150 g/mol. The minimum Gasteiger partial charge on any atom is -0.462 e. The average Bonchev–Trinajstić information content (AvgIpc) is 3.46. The maximum atomic E-state index is 12.7. The molecule has 468 valence electrons. The standard InChI is InChI=1S/C71H126NO8P/c1-3-5-7-9-11-13-15-17-19-21-23-25-27-29-31-32-33-34-35-36-38-39-41-43-45-47-49-51-53-55-57-59-61-63-70(73)77-67-69(68-79-81(75,76)78-66-65-72)80-71(74)64-62-60-58-56-54-52-50-48-46-44-42-40-37-30-28-26-24-22-20-18-16-14-12-10-8-6-4-2/h6,8,12,14-15,17-18,20-21,23-24,26,30,37,42,44,69H,3-5,7,9-11,13,16,19,22,25,27-29,31-36,38-41,43,45-68,72H2,1-2H3,(H,75,76)/b8-6-,14-12-,17-15-,20-18-,23-21-,26-24-,37-30-,44-42-. The van der Waals surface area contributed by atoms with Gasteiger partial charge in [0.05, 0.1) is 13.2 Å². The van der Waals surface area contributed by atoms with E-state index in [4.69, 9.17) is 24.3 Å². The van der Waals surface area contributed by atoms with Crippen LogP contribution in [-0.2, 0) is 32.7 Å². The van der Waals surface area contributed by atoms with Crippen molar-refractivity contribution in [3.63, 3.8) is 0 Å². The molecule has 0 aliphatic rings. The van der Waals surface area contributed by atoms with Crippen molar-refractivity contribution in [2.75, 3.05) is 26.4 Å². The SMILES string of the molecule is CC/C=C\C/C=C\C/C=C\C/C=C\C/C=C\C/C=C\CCCCCCCCCCC(=O)OC(COC(=O)CCCCCCCCCCCCCCCCCCCCCCC/C=C\C/C=C\CCCCCCC)COP(=O)(O)OCCN. The van der Waals surface area contributed by atoms with Gasteiger partial charge in [-0.05, 0) is 96.3 Å². The van der Waals surface area contributed by atoms with Gasteiger partial charge in [-0.25, -0.2) is 4.57 Å². The van der Waals surface area contributed by atoms with Crippen LogP contribution in [0, 0.1) is 0 Å². The molecule has 0 saturated carbocycles. The van der Waals surface area contributed by atoms with E-state index in [0.717, 1.165) is 89.9 Å². The van der Waals surface area contributed by atoms with E-state index in [0.29, 0.717) is 6.42 Å². The van der Waals surface area contributed by atoms with Crippen molar-refractivity contribution < 1.29 is 37.6 Å². The number of unbranched alkanes of at least 4 members (excludes halogenated alkanes) is 34. The third-order valence-electron chi connectivity index (χ3n) is 14.5. The van der Waals surface area contributed by atoms with E-state index in [1.54, 1.807) is 0 Å². The third kappa shape index (κ3) is 65.9. The number of rotatable bonds is 63. The van der Waals surface area contributed by atoms with Gasteiger partial charge in [-0.2, -0.15) is 0 Å². The highest BCUT2D eigenvalue weighted by molar-refractivity contribution is 7.47. The Morgan fingerprint density at radius 2 is 0.679 bits per heavy atom. The summed E-state index contributed by atoms with van der Waals surface area (Å²) in [6, 6.07) is 0. The molecule has 0 radical (unpaired) electrons. The fourth-order valence-corrected chi connectivity index (χ4v) is 10.3. The molecule has 9 nitrogen and oxygen atoms in total. The van der Waals surface area contributed by atoms with Crippen molar-refractivity contribution >= 4 is 19.8 Å². The normalized spacial score (nSPS) is 13.6. The fraction of sp³-hybridized carbons (Fsp3) is 0.746. The Balaban J connectivity index is 3.90. The third-order valence-corrected chi connectivity index (χ3v) is 15.4. The number of phosphoric ester groups is 1. The zero-order chi connectivity index (χ0) is 58.7. The van der Waals surface area contributed by atoms with Crippen molar-refractivity contribution in [2.45, 2.75) is 315 Å². The predicted molar refractivity (Wildman–Crippen MR) is 348 cm³/mol. The van der Waals surface area contributed by atoms with Crippen molar-refractivity contribution in [3.05, 3.63) is 97.2 Å². The highest BCUT2D eigenvalue weighted by Gasteiger charge is 2.26. The van der Waals surface area contributed by atoms with Crippen LogP contribution in [0.15, 0.2) is 97.2 Å². The van der Waals surface area contributed by atoms with Gasteiger partial charge in [-0.3, -0.25) is 18.6 Å². The van der Waals surface area contributed by atoms with Gasteiger partial charge in [0.15, 0.2) is 6.10 Å². The van der Waals surface area contributed by atoms with E-state index in [1.807, 2.05) is 0 Å². The minimum absolute atomic E-state index is 0.0488. The molecule has 10 heteroatoms. The van der Waals surface area contributed by atoms with Crippen LogP contribution in [0.2, 0.25) is 0 Å². The quantitative estimate of drug-likeness (QED) is 0.0264. The lowest BCUT2D eigenvalue weighted by atomic mass is 10.0. The first-order valence-corrected chi connectivity index (χ1v) is 35.2. The van der Waals surface area contributed by atoms with Crippen LogP contribution in [0.4, 0.5) is 0 Å². The van der Waals surface area contributed by atoms with E-state index in [9.17, 15) is 19.0 Å². The van der Waals surface area contributed by atoms with E-state index in [1.165, 1.54) is 186 Å². The molecule has 0 amide bonds. The second-order valence-electron chi connectivity index (χ2n) is 22.3. The molecule has 0 fully saturated rings. The molecule has 0 bridgehead atoms. The maximum absolute atomic E-state index is 12.7. The molecule has 0 spiro atoms. The van der Waals surface area contributed by atoms with Crippen LogP contribution < -0.4 is 5.73 Å². The number of phosphoric acid groups is 1. The molecule has 2 unspecified atom stereocenters. The monoisotopic (exact) mass is 1150 g/mol. The zero-order valence-electron chi connectivity index (χ0n) is 52.5. The molecule has 0 saturated heterocycles. The summed E-state index contributed by atoms with van der Waals surface area (Å²) in [6.07, 6.45) is 89.2. The molecule has 0 rings (SSSR count). The van der Waals surface area contributed by atoms with Crippen molar-refractivity contribution in [3.8, 4) is 0 Å². The summed E-state index contributed by atoms with van der Waals surface area (Å²) in [5, 5.41) is 0. The summed E-state index contributed by atoms with van der Waals surface area (Å²) in [4.78, 5) is 35.3. The first kappa shape index (κ1) is 77.9. The maximum Gasteiger partial charge on any atom is 0.472 e. The lowest BCUT2D eigenvalue weighted by Gasteiger charge is -2.19. The van der Waals surface area contributed by atoms with Crippen molar-refractivity contribution in [1.29, 1.82) is 0 Å². The van der Waals surface area contributed by atoms with E-state index in [-0.39, 0.29) is 38.6 Å². The number of ether oxygens (including phenoxy) is 2. The first-order valence-electron chi connectivity index (χ1n) is 33.7. The molecule has 0 aromatic carbocycles. The number of hydrogen-bond donors (Lipinski definition) is 2. The topological polar surface area (TPSA) is 134 Å². The van der Waals surface area contributed by atoms with Crippen LogP contribution >= 0.6 is 7.82 Å². The number of esters is 2. The molecule has 0 aliphatic heterocycles. The van der Waals surface area contributed by atoms with Gasteiger partial charge in [0, 0.05) is 19.4 Å². The van der Waals surface area contributed by atoms with Gasteiger partial charge >= 0.3 is 19.8 Å². The Morgan fingerprint density at radius 3 is 1.01 bits per heavy atom. The van der Waals surface area contributed by atoms with Crippen molar-refractivity contribution in [2.24, 2.45) is 5.73 Å². The lowest BCUT2D eigenvalue weighted by molar-refractivity contribution is -0.161. The number of hydrogen-bond acceptors (Lipinski definition) is 8. The zero-order valence-corrected chi connectivity index (χ0v) is 53.4. The largest absolute Gasteiger partial charge is 0.472 e. The van der Waals surface area contributed by atoms with E-state index in [2.05, 4.69) is 111 Å². The molecule has 0 aromatic rings. The van der Waals surface area contributed by atoms with Crippen LogP contribution in [-0.4, -0.2) is 49.3 Å². The van der Waals surface area contributed by atoms with Crippen molar-refractivity contribution in [1.82, 2.24) is 0 Å². The second kappa shape index (κ2) is 66.1. The predicted octanol–water partition coefficient (Wildman–Crippen LogP) is 22.0. The first-order chi connectivity index (χ1) is 39.8. The molecule has 3 N–H and O–H groups in total. The molecule has 0 aromatic heterocycles. The van der Waals surface area contributed by atoms with Gasteiger partial charge in [0.1, 0.15) is 6.61 Å². The van der Waals surface area contributed by atoms with Gasteiger partial charge in [-0.1, -0.05) is 297 Å². The summed E-state index contributed by atoms with van der Waals surface area (Å²) in [5.74, 6) is -0.830. The Kier molecular flexibility index (Phi) is 63.6. The van der Waals surface area contributed by atoms with Gasteiger partial charge in [0.2, 0.25) is 0 Å². The van der Waals surface area contributed by atoms with Crippen LogP contribution in [0.1, 0.15) is 309 Å². The molecular formula is C71H126NO8P. The summed E-state index contributed by atoms with van der Waals surface area (Å²) in [7, 11) is -4.40. The van der Waals surface area contributed by atoms with E-state index >= 15 is 0 Å². The fourth-order valence-electron chi connectivity index (χ4n) is 9.50. The van der Waals surface area contributed by atoms with Crippen LogP contribution in [0.25, 0.3) is 0 Å². The number of carbonyl (C=O) groups excluding carboxylic acids is 2. The Morgan fingerprint density at radius 1 is 0.383 bits per heavy atom. The van der Waals surface area contributed by atoms with E-state index < -0.39 is 26.5 Å². The second-order valence-corrected chi connectivity index (χ2v) is 23.8. The molecule has 81 heavy (non-hydrogen) atoms. The highest BCUT2D eigenvalue weighted by Crippen LogP contribution is 2.43. The number of carbonyl (C=O) groups is 2. The Bertz CT molecular complexity index is 1650. The molecule has 0 aliphatic carbocycles. The summed E-state index contributed by atoms with van der Waals surface area (Å²) >= 11 is 0. The smallest absolute Gasteiger partial charge is 0.462 e. The van der Waals surface area contributed by atoms with Gasteiger partial charge in [0.25, 0.3) is 0 Å². The highest BCUT2D eigenvalue weighted by atomic mass is 31.2. The summed E-state index contributed by atoms with van der Waals surface area (Å²) < 4.78 is 33.1. The van der Waals surface area contributed by atoms with Gasteiger partial charge in [-0.15, -0.1) is 0 Å². The molecular weight excluding hydrogens is 1030 g/mol.